The monoisotopic (exact) mass is 280 g/mol. The molecule has 0 spiro atoms. The van der Waals surface area contributed by atoms with E-state index in [2.05, 4.69) is 4.72 Å². The Balaban J connectivity index is 4.47. The molecule has 1 amide bonds. The van der Waals surface area contributed by atoms with Crippen LogP contribution >= 0.6 is 0 Å². The quantitative estimate of drug-likeness (QED) is 0.533. The molecule has 0 aromatic rings. The lowest BCUT2D eigenvalue weighted by atomic mass is 10.2. The number of rotatable bonds is 9. The van der Waals surface area contributed by atoms with Crippen LogP contribution in [0.25, 0.3) is 0 Å². The summed E-state index contributed by atoms with van der Waals surface area (Å²) >= 11 is 0. The SMILES string of the molecule is CC(C)CCS(=O)(=O)NC(CCC(N)=O)C(=O)O. The Bertz CT molecular complexity index is 391. The van der Waals surface area contributed by atoms with Crippen molar-refractivity contribution < 1.29 is 23.1 Å². The first kappa shape index (κ1) is 16.9. The largest absolute Gasteiger partial charge is 0.480 e. The summed E-state index contributed by atoms with van der Waals surface area (Å²) in [5, 5.41) is 8.85. The van der Waals surface area contributed by atoms with Crippen LogP contribution in [0.1, 0.15) is 33.1 Å². The van der Waals surface area contributed by atoms with Gasteiger partial charge in [-0.25, -0.2) is 13.1 Å². The molecule has 0 aliphatic rings. The highest BCUT2D eigenvalue weighted by Gasteiger charge is 2.24. The molecule has 0 bridgehead atoms. The van der Waals surface area contributed by atoms with Gasteiger partial charge in [-0.3, -0.25) is 9.59 Å². The highest BCUT2D eigenvalue weighted by atomic mass is 32.2. The van der Waals surface area contributed by atoms with Crippen molar-refractivity contribution in [2.75, 3.05) is 5.75 Å². The van der Waals surface area contributed by atoms with Crippen LogP contribution in [-0.2, 0) is 19.6 Å². The molecule has 0 radical (unpaired) electrons. The van der Waals surface area contributed by atoms with Gasteiger partial charge in [-0.1, -0.05) is 13.8 Å². The van der Waals surface area contributed by atoms with Crippen molar-refractivity contribution in [3.05, 3.63) is 0 Å². The number of hydrogen-bond donors (Lipinski definition) is 3. The Morgan fingerprint density at radius 1 is 1.28 bits per heavy atom. The molecule has 7 nitrogen and oxygen atoms in total. The van der Waals surface area contributed by atoms with Gasteiger partial charge in [-0.2, -0.15) is 0 Å². The molecule has 1 atom stereocenters. The third kappa shape index (κ3) is 8.02. The zero-order chi connectivity index (χ0) is 14.3. The molecule has 0 aliphatic carbocycles. The standard InChI is InChI=1S/C10H20N2O5S/c1-7(2)5-6-18(16,17)12-8(10(14)15)3-4-9(11)13/h7-8,12H,3-6H2,1-2H3,(H2,11,13)(H,14,15). The fourth-order valence-corrected chi connectivity index (χ4v) is 2.74. The number of sulfonamides is 1. The number of carboxylic acid groups (broad SMARTS) is 1. The first-order valence-electron chi connectivity index (χ1n) is 5.65. The Morgan fingerprint density at radius 3 is 2.22 bits per heavy atom. The van der Waals surface area contributed by atoms with E-state index in [1.807, 2.05) is 13.8 Å². The second kappa shape index (κ2) is 7.32. The van der Waals surface area contributed by atoms with Gasteiger partial charge in [0.2, 0.25) is 15.9 Å². The minimum Gasteiger partial charge on any atom is -0.480 e. The molecule has 0 aromatic heterocycles. The number of nitrogens with one attached hydrogen (secondary N) is 1. The van der Waals surface area contributed by atoms with Crippen LogP contribution in [0.5, 0.6) is 0 Å². The first-order chi connectivity index (χ1) is 8.14. The van der Waals surface area contributed by atoms with Crippen LogP contribution in [0.3, 0.4) is 0 Å². The second-order valence-electron chi connectivity index (χ2n) is 4.52. The van der Waals surface area contributed by atoms with Gasteiger partial charge in [0.15, 0.2) is 0 Å². The topological polar surface area (TPSA) is 127 Å². The fourth-order valence-electron chi connectivity index (χ4n) is 1.19. The van der Waals surface area contributed by atoms with Crippen LogP contribution in [0.4, 0.5) is 0 Å². The lowest BCUT2D eigenvalue weighted by molar-refractivity contribution is -0.139. The molecule has 0 rings (SSSR count). The minimum atomic E-state index is -3.65. The molecular weight excluding hydrogens is 260 g/mol. The molecule has 0 fully saturated rings. The van der Waals surface area contributed by atoms with Crippen molar-refractivity contribution in [1.29, 1.82) is 0 Å². The zero-order valence-corrected chi connectivity index (χ0v) is 11.4. The van der Waals surface area contributed by atoms with E-state index in [9.17, 15) is 18.0 Å². The van der Waals surface area contributed by atoms with Gasteiger partial charge in [-0.15, -0.1) is 0 Å². The normalized spacial score (nSPS) is 13.5. The Morgan fingerprint density at radius 2 is 1.83 bits per heavy atom. The van der Waals surface area contributed by atoms with Crippen molar-refractivity contribution in [1.82, 2.24) is 4.72 Å². The highest BCUT2D eigenvalue weighted by molar-refractivity contribution is 7.89. The number of hydrogen-bond acceptors (Lipinski definition) is 4. The van der Waals surface area contributed by atoms with Gasteiger partial charge in [-0.05, 0) is 18.8 Å². The molecule has 1 unspecified atom stereocenters. The van der Waals surface area contributed by atoms with Crippen molar-refractivity contribution in [2.24, 2.45) is 11.7 Å². The van der Waals surface area contributed by atoms with Crippen LogP contribution in [0, 0.1) is 5.92 Å². The maximum absolute atomic E-state index is 11.6. The van der Waals surface area contributed by atoms with Crippen LogP contribution < -0.4 is 10.5 Å². The summed E-state index contributed by atoms with van der Waals surface area (Å²) in [7, 11) is -3.65. The summed E-state index contributed by atoms with van der Waals surface area (Å²) in [5.74, 6) is -1.91. The predicted molar refractivity (Wildman–Crippen MR) is 66.2 cm³/mol. The van der Waals surface area contributed by atoms with Gasteiger partial charge >= 0.3 is 5.97 Å². The van der Waals surface area contributed by atoms with Crippen LogP contribution in [0.15, 0.2) is 0 Å². The first-order valence-corrected chi connectivity index (χ1v) is 7.30. The van der Waals surface area contributed by atoms with E-state index in [-0.39, 0.29) is 24.5 Å². The summed E-state index contributed by atoms with van der Waals surface area (Å²) in [6.45, 7) is 3.74. The van der Waals surface area contributed by atoms with Crippen molar-refractivity contribution in [3.63, 3.8) is 0 Å². The number of carboxylic acids is 1. The molecule has 0 aliphatic heterocycles. The number of amides is 1. The number of nitrogens with two attached hydrogens (primary N) is 1. The number of primary amides is 1. The smallest absolute Gasteiger partial charge is 0.321 e. The lowest BCUT2D eigenvalue weighted by Gasteiger charge is -2.14. The molecule has 0 aromatic carbocycles. The second-order valence-corrected chi connectivity index (χ2v) is 6.39. The molecule has 18 heavy (non-hydrogen) atoms. The molecule has 8 heteroatoms. The predicted octanol–water partition coefficient (Wildman–Crippen LogP) is -0.329. The zero-order valence-electron chi connectivity index (χ0n) is 10.5. The summed E-state index contributed by atoms with van der Waals surface area (Å²) in [6, 6.07) is -1.31. The van der Waals surface area contributed by atoms with Gasteiger partial charge in [0, 0.05) is 6.42 Å². The summed E-state index contributed by atoms with van der Waals surface area (Å²) < 4.78 is 25.3. The van der Waals surface area contributed by atoms with Crippen molar-refractivity contribution >= 4 is 21.9 Å². The molecule has 0 saturated heterocycles. The molecule has 4 N–H and O–H groups in total. The average Bonchev–Trinajstić information content (AvgIpc) is 2.21. The Kier molecular flexibility index (Phi) is 6.85. The highest BCUT2D eigenvalue weighted by Crippen LogP contribution is 2.05. The van der Waals surface area contributed by atoms with E-state index in [4.69, 9.17) is 10.8 Å². The van der Waals surface area contributed by atoms with Crippen LogP contribution in [0.2, 0.25) is 0 Å². The minimum absolute atomic E-state index is 0.134. The molecule has 0 saturated carbocycles. The third-order valence-electron chi connectivity index (χ3n) is 2.26. The maximum Gasteiger partial charge on any atom is 0.321 e. The maximum atomic E-state index is 11.6. The lowest BCUT2D eigenvalue weighted by Crippen LogP contribution is -2.42. The van der Waals surface area contributed by atoms with Gasteiger partial charge in [0.1, 0.15) is 6.04 Å². The van der Waals surface area contributed by atoms with Crippen molar-refractivity contribution in [2.45, 2.75) is 39.2 Å². The van der Waals surface area contributed by atoms with Crippen molar-refractivity contribution in [3.8, 4) is 0 Å². The van der Waals surface area contributed by atoms with E-state index >= 15 is 0 Å². The number of aliphatic carboxylic acids is 1. The molecule has 106 valence electrons. The summed E-state index contributed by atoms with van der Waals surface area (Å²) in [6.07, 6.45) is 0.118. The van der Waals surface area contributed by atoms with E-state index in [1.54, 1.807) is 0 Å². The Hall–Kier alpha value is -1.15. The van der Waals surface area contributed by atoms with Crippen LogP contribution in [-0.4, -0.2) is 37.2 Å². The fraction of sp³-hybridized carbons (Fsp3) is 0.800. The number of carbonyl (C=O) groups is 2. The van der Waals surface area contributed by atoms with Gasteiger partial charge in [0.25, 0.3) is 0 Å². The van der Waals surface area contributed by atoms with E-state index in [0.29, 0.717) is 6.42 Å². The third-order valence-corrected chi connectivity index (χ3v) is 3.68. The molecule has 0 heterocycles. The van der Waals surface area contributed by atoms with E-state index in [1.165, 1.54) is 0 Å². The summed E-state index contributed by atoms with van der Waals surface area (Å²) in [5.41, 5.74) is 4.89. The summed E-state index contributed by atoms with van der Waals surface area (Å²) in [4.78, 5) is 21.4. The average molecular weight is 280 g/mol. The van der Waals surface area contributed by atoms with E-state index < -0.39 is 27.9 Å². The Labute approximate surface area is 107 Å². The van der Waals surface area contributed by atoms with Gasteiger partial charge in [0.05, 0.1) is 5.75 Å². The van der Waals surface area contributed by atoms with Gasteiger partial charge < -0.3 is 10.8 Å². The van der Waals surface area contributed by atoms with E-state index in [0.717, 1.165) is 0 Å². The molecular formula is C10H20N2O5S. The number of carbonyl (C=O) groups excluding carboxylic acids is 1.